The molecule has 1 saturated heterocycles. The van der Waals surface area contributed by atoms with Crippen LogP contribution in [0.25, 0.3) is 0 Å². The van der Waals surface area contributed by atoms with Gasteiger partial charge in [-0.25, -0.2) is 4.90 Å². The van der Waals surface area contributed by atoms with Crippen molar-refractivity contribution >= 4 is 17.5 Å². The minimum Gasteiger partial charge on any atom is -0.497 e. The van der Waals surface area contributed by atoms with Gasteiger partial charge in [0.05, 0.1) is 32.4 Å². The molecule has 2 amide bonds. The van der Waals surface area contributed by atoms with Crippen LogP contribution < -0.4 is 14.4 Å². The van der Waals surface area contributed by atoms with Crippen LogP contribution in [0.2, 0.25) is 0 Å². The van der Waals surface area contributed by atoms with E-state index in [0.717, 1.165) is 18.4 Å². The lowest BCUT2D eigenvalue weighted by atomic mass is 10.1. The first-order chi connectivity index (χ1) is 13.6. The van der Waals surface area contributed by atoms with E-state index < -0.39 is 6.04 Å². The Balaban J connectivity index is 1.61. The van der Waals surface area contributed by atoms with Crippen molar-refractivity contribution in [1.82, 2.24) is 4.90 Å². The van der Waals surface area contributed by atoms with Gasteiger partial charge in [0.2, 0.25) is 5.91 Å². The van der Waals surface area contributed by atoms with Crippen molar-refractivity contribution in [3.63, 3.8) is 0 Å². The summed E-state index contributed by atoms with van der Waals surface area (Å²) >= 11 is 0. The third kappa shape index (κ3) is 3.47. The highest BCUT2D eigenvalue weighted by atomic mass is 16.5. The fourth-order valence-electron chi connectivity index (χ4n) is 3.79. The average molecular weight is 380 g/mol. The van der Waals surface area contributed by atoms with E-state index in [0.29, 0.717) is 29.8 Å². The molecule has 6 heteroatoms. The second kappa shape index (κ2) is 7.64. The number of imide groups is 1. The molecule has 0 aromatic heterocycles. The second-order valence-electron chi connectivity index (χ2n) is 7.21. The molecule has 0 N–H and O–H groups in total. The summed E-state index contributed by atoms with van der Waals surface area (Å²) in [6.45, 7) is 0.669. The summed E-state index contributed by atoms with van der Waals surface area (Å²) in [6.07, 6.45) is 2.32. The van der Waals surface area contributed by atoms with Gasteiger partial charge >= 0.3 is 0 Å². The number of rotatable bonds is 7. The van der Waals surface area contributed by atoms with Crippen molar-refractivity contribution in [2.45, 2.75) is 37.9 Å². The van der Waals surface area contributed by atoms with Crippen LogP contribution in [0.5, 0.6) is 11.5 Å². The van der Waals surface area contributed by atoms with Gasteiger partial charge in [-0.05, 0) is 30.5 Å². The number of hydrogen-bond acceptors (Lipinski definition) is 5. The standard InChI is InChI=1S/C22H24N2O4/c1-27-17-10-11-18(20(12-17)28-2)24-21(25)13-19(22(24)26)23(16-8-9-16)14-15-6-4-3-5-7-15/h3-7,10-12,16,19H,8-9,13-14H2,1-2H3/t19-/m1/s1. The Labute approximate surface area is 164 Å². The third-order valence-corrected chi connectivity index (χ3v) is 5.37. The van der Waals surface area contributed by atoms with Crippen LogP contribution in [-0.4, -0.2) is 43.0 Å². The van der Waals surface area contributed by atoms with E-state index in [1.54, 1.807) is 25.3 Å². The Morgan fingerprint density at radius 2 is 1.79 bits per heavy atom. The predicted molar refractivity (Wildman–Crippen MR) is 105 cm³/mol. The molecule has 28 heavy (non-hydrogen) atoms. The van der Waals surface area contributed by atoms with E-state index >= 15 is 0 Å². The molecule has 1 aliphatic heterocycles. The lowest BCUT2D eigenvalue weighted by Crippen LogP contribution is -2.43. The molecule has 0 unspecified atom stereocenters. The molecule has 2 fully saturated rings. The summed E-state index contributed by atoms with van der Waals surface area (Å²) in [5, 5.41) is 0. The van der Waals surface area contributed by atoms with Gasteiger partial charge in [-0.1, -0.05) is 30.3 Å². The summed E-state index contributed by atoms with van der Waals surface area (Å²) in [5.41, 5.74) is 1.62. The predicted octanol–water partition coefficient (Wildman–Crippen LogP) is 3.00. The Kier molecular flexibility index (Phi) is 5.05. The van der Waals surface area contributed by atoms with Crippen LogP contribution in [0, 0.1) is 0 Å². The normalized spacial score (nSPS) is 19.4. The number of benzene rings is 2. The molecular formula is C22H24N2O4. The van der Waals surface area contributed by atoms with E-state index in [2.05, 4.69) is 17.0 Å². The molecular weight excluding hydrogens is 356 g/mol. The third-order valence-electron chi connectivity index (χ3n) is 5.37. The molecule has 1 atom stereocenters. The first-order valence-corrected chi connectivity index (χ1v) is 9.51. The SMILES string of the molecule is COc1ccc(N2C(=O)C[C@@H](N(Cc3ccccc3)C3CC3)C2=O)c(OC)c1. The van der Waals surface area contributed by atoms with Gasteiger partial charge in [0.15, 0.2) is 0 Å². The molecule has 0 radical (unpaired) electrons. The van der Waals surface area contributed by atoms with Gasteiger partial charge in [0.25, 0.3) is 5.91 Å². The van der Waals surface area contributed by atoms with Crippen LogP contribution in [-0.2, 0) is 16.1 Å². The molecule has 0 spiro atoms. The van der Waals surface area contributed by atoms with E-state index in [4.69, 9.17) is 9.47 Å². The molecule has 2 aliphatic rings. The zero-order valence-corrected chi connectivity index (χ0v) is 16.1. The molecule has 1 aliphatic carbocycles. The maximum Gasteiger partial charge on any atom is 0.251 e. The topological polar surface area (TPSA) is 59.1 Å². The van der Waals surface area contributed by atoms with Gasteiger partial charge in [0.1, 0.15) is 11.5 Å². The Morgan fingerprint density at radius 3 is 2.43 bits per heavy atom. The van der Waals surface area contributed by atoms with Crippen molar-refractivity contribution in [2.24, 2.45) is 0 Å². The van der Waals surface area contributed by atoms with Gasteiger partial charge in [-0.2, -0.15) is 0 Å². The first-order valence-electron chi connectivity index (χ1n) is 9.51. The van der Waals surface area contributed by atoms with E-state index in [-0.39, 0.29) is 18.2 Å². The molecule has 1 saturated carbocycles. The fourth-order valence-corrected chi connectivity index (χ4v) is 3.79. The van der Waals surface area contributed by atoms with Crippen molar-refractivity contribution in [3.05, 3.63) is 54.1 Å². The maximum atomic E-state index is 13.3. The Morgan fingerprint density at radius 1 is 1.04 bits per heavy atom. The number of nitrogens with zero attached hydrogens (tertiary/aromatic N) is 2. The number of carbonyl (C=O) groups is 2. The van der Waals surface area contributed by atoms with Gasteiger partial charge in [-0.3, -0.25) is 14.5 Å². The van der Waals surface area contributed by atoms with Crippen molar-refractivity contribution in [1.29, 1.82) is 0 Å². The minimum atomic E-state index is -0.438. The van der Waals surface area contributed by atoms with E-state index in [1.165, 1.54) is 12.0 Å². The highest BCUT2D eigenvalue weighted by Crippen LogP contribution is 2.38. The molecule has 146 valence electrons. The summed E-state index contributed by atoms with van der Waals surface area (Å²) in [5.74, 6) is 0.677. The summed E-state index contributed by atoms with van der Waals surface area (Å²) in [4.78, 5) is 29.5. The van der Waals surface area contributed by atoms with Crippen molar-refractivity contribution < 1.29 is 19.1 Å². The van der Waals surface area contributed by atoms with Gasteiger partial charge < -0.3 is 9.47 Å². The second-order valence-corrected chi connectivity index (χ2v) is 7.21. The van der Waals surface area contributed by atoms with E-state index in [9.17, 15) is 9.59 Å². The summed E-state index contributed by atoms with van der Waals surface area (Å²) < 4.78 is 10.6. The maximum absolute atomic E-state index is 13.3. The highest BCUT2D eigenvalue weighted by molar-refractivity contribution is 6.23. The summed E-state index contributed by atoms with van der Waals surface area (Å²) in [6, 6.07) is 15.1. The zero-order chi connectivity index (χ0) is 19.7. The number of anilines is 1. The molecule has 4 rings (SSSR count). The summed E-state index contributed by atoms with van der Waals surface area (Å²) in [7, 11) is 3.08. The zero-order valence-electron chi connectivity index (χ0n) is 16.1. The van der Waals surface area contributed by atoms with Crippen LogP contribution in [0.3, 0.4) is 0 Å². The molecule has 0 bridgehead atoms. The lowest BCUT2D eigenvalue weighted by molar-refractivity contribution is -0.123. The molecule has 6 nitrogen and oxygen atoms in total. The molecule has 2 aromatic carbocycles. The monoisotopic (exact) mass is 380 g/mol. The molecule has 1 heterocycles. The Hall–Kier alpha value is -2.86. The van der Waals surface area contributed by atoms with Crippen molar-refractivity contribution in [3.8, 4) is 11.5 Å². The number of hydrogen-bond donors (Lipinski definition) is 0. The largest absolute Gasteiger partial charge is 0.497 e. The van der Waals surface area contributed by atoms with Crippen LogP contribution in [0.1, 0.15) is 24.8 Å². The van der Waals surface area contributed by atoms with Crippen molar-refractivity contribution in [2.75, 3.05) is 19.1 Å². The fraction of sp³-hybridized carbons (Fsp3) is 0.364. The van der Waals surface area contributed by atoms with Crippen LogP contribution in [0.4, 0.5) is 5.69 Å². The van der Waals surface area contributed by atoms with Crippen LogP contribution in [0.15, 0.2) is 48.5 Å². The smallest absolute Gasteiger partial charge is 0.251 e. The number of ether oxygens (including phenoxy) is 2. The number of carbonyl (C=O) groups excluding carboxylic acids is 2. The Bertz CT molecular complexity index is 879. The number of methoxy groups -OCH3 is 2. The van der Waals surface area contributed by atoms with E-state index in [1.807, 2.05) is 18.2 Å². The first kappa shape index (κ1) is 18.5. The average Bonchev–Trinajstić information content (AvgIpc) is 3.52. The minimum absolute atomic E-state index is 0.184. The van der Waals surface area contributed by atoms with Crippen LogP contribution >= 0.6 is 0 Å². The highest BCUT2D eigenvalue weighted by Gasteiger charge is 2.47. The lowest BCUT2D eigenvalue weighted by Gasteiger charge is -2.27. The number of amides is 2. The quantitative estimate of drug-likeness (QED) is 0.691. The molecule has 2 aromatic rings. The van der Waals surface area contributed by atoms with Gasteiger partial charge in [0, 0.05) is 18.7 Å². The van der Waals surface area contributed by atoms with Gasteiger partial charge in [-0.15, -0.1) is 0 Å².